The molecule has 0 bridgehead atoms. The number of nitrogens with zero attached hydrogens (tertiary/aromatic N) is 1. The van der Waals surface area contributed by atoms with Gasteiger partial charge in [0, 0.05) is 5.56 Å². The largest absolute Gasteiger partial charge is 0.391 e. The lowest BCUT2D eigenvalue weighted by Gasteiger charge is -1.97. The molecular weight excluding hydrogens is 253 g/mol. The maximum atomic E-state index is 9.00. The molecule has 1 aromatic carbocycles. The van der Waals surface area contributed by atoms with Crippen LogP contribution in [-0.4, -0.2) is 10.1 Å². The average Bonchev–Trinajstić information content (AvgIpc) is 2.60. The summed E-state index contributed by atoms with van der Waals surface area (Å²) in [5.41, 5.74) is 0.839. The van der Waals surface area contributed by atoms with Gasteiger partial charge in [0.05, 0.1) is 16.5 Å². The second-order valence-electron chi connectivity index (χ2n) is 2.87. The molecule has 1 heterocycles. The van der Waals surface area contributed by atoms with E-state index in [4.69, 9.17) is 28.3 Å². The fraction of sp³-hybridized carbons (Fsp3) is 0.100. The van der Waals surface area contributed by atoms with Gasteiger partial charge in [-0.3, -0.25) is 0 Å². The zero-order valence-electron chi connectivity index (χ0n) is 7.58. The molecule has 0 spiro atoms. The Hall–Kier alpha value is -0.610. The quantitative estimate of drug-likeness (QED) is 0.894. The number of hydrogen-bond donors (Lipinski definition) is 1. The summed E-state index contributed by atoms with van der Waals surface area (Å²) in [6.07, 6.45) is 0. The van der Waals surface area contributed by atoms with Gasteiger partial charge in [0.15, 0.2) is 0 Å². The van der Waals surface area contributed by atoms with Crippen molar-refractivity contribution in [1.82, 2.24) is 4.98 Å². The van der Waals surface area contributed by atoms with Crippen molar-refractivity contribution in [2.45, 2.75) is 6.61 Å². The maximum Gasteiger partial charge on any atom is 0.146 e. The molecule has 2 nitrogen and oxygen atoms in total. The molecule has 5 heteroatoms. The van der Waals surface area contributed by atoms with Crippen LogP contribution in [0.15, 0.2) is 24.3 Å². The van der Waals surface area contributed by atoms with Gasteiger partial charge < -0.3 is 5.11 Å². The molecule has 1 aromatic heterocycles. The molecule has 0 atom stereocenters. The molecule has 0 aliphatic heterocycles. The minimum atomic E-state index is -0.0963. The minimum absolute atomic E-state index is 0.0963. The standard InChI is InChI=1S/C10H7Cl2NOS/c11-7-4-2-1-3-6(7)10-13-9(12)8(5-14)15-10/h1-4,14H,5H2. The van der Waals surface area contributed by atoms with Crippen LogP contribution < -0.4 is 0 Å². The highest BCUT2D eigenvalue weighted by Crippen LogP contribution is 2.34. The molecule has 0 fully saturated rings. The van der Waals surface area contributed by atoms with Crippen LogP contribution in [-0.2, 0) is 6.61 Å². The molecule has 0 aliphatic rings. The number of aromatic nitrogens is 1. The van der Waals surface area contributed by atoms with Gasteiger partial charge in [-0.05, 0) is 6.07 Å². The van der Waals surface area contributed by atoms with E-state index in [9.17, 15) is 0 Å². The van der Waals surface area contributed by atoms with E-state index >= 15 is 0 Å². The Balaban J connectivity index is 2.50. The first-order chi connectivity index (χ1) is 7.22. The van der Waals surface area contributed by atoms with Crippen LogP contribution in [0.3, 0.4) is 0 Å². The Labute approximate surface area is 101 Å². The monoisotopic (exact) mass is 259 g/mol. The van der Waals surface area contributed by atoms with Crippen molar-refractivity contribution in [1.29, 1.82) is 0 Å². The molecule has 15 heavy (non-hydrogen) atoms. The summed E-state index contributed by atoms with van der Waals surface area (Å²) in [5.74, 6) is 0. The van der Waals surface area contributed by atoms with Gasteiger partial charge in [-0.25, -0.2) is 4.98 Å². The predicted octanol–water partition coefficient (Wildman–Crippen LogP) is 3.61. The van der Waals surface area contributed by atoms with Crippen LogP contribution in [0.5, 0.6) is 0 Å². The first-order valence-corrected chi connectivity index (χ1v) is 5.80. The van der Waals surface area contributed by atoms with Gasteiger partial charge in [-0.2, -0.15) is 0 Å². The Morgan fingerprint density at radius 1 is 1.27 bits per heavy atom. The Morgan fingerprint density at radius 3 is 2.60 bits per heavy atom. The van der Waals surface area contributed by atoms with Gasteiger partial charge in [-0.15, -0.1) is 11.3 Å². The third-order valence-electron chi connectivity index (χ3n) is 1.90. The summed E-state index contributed by atoms with van der Waals surface area (Å²) < 4.78 is 0. The van der Waals surface area contributed by atoms with Crippen molar-refractivity contribution in [3.8, 4) is 10.6 Å². The first kappa shape index (κ1) is 10.9. The van der Waals surface area contributed by atoms with E-state index in [1.54, 1.807) is 6.07 Å². The lowest BCUT2D eigenvalue weighted by atomic mass is 10.2. The first-order valence-electron chi connectivity index (χ1n) is 4.23. The summed E-state index contributed by atoms with van der Waals surface area (Å²) >= 11 is 13.2. The van der Waals surface area contributed by atoms with E-state index in [2.05, 4.69) is 4.98 Å². The smallest absolute Gasteiger partial charge is 0.146 e. The number of benzene rings is 1. The number of aliphatic hydroxyl groups excluding tert-OH is 1. The van der Waals surface area contributed by atoms with Crippen LogP contribution in [0.4, 0.5) is 0 Å². The highest BCUT2D eigenvalue weighted by Gasteiger charge is 2.11. The van der Waals surface area contributed by atoms with Gasteiger partial charge in [0.1, 0.15) is 10.2 Å². The molecule has 0 radical (unpaired) electrons. The fourth-order valence-corrected chi connectivity index (χ4v) is 2.62. The maximum absolute atomic E-state index is 9.00. The SMILES string of the molecule is OCc1sc(-c2ccccc2Cl)nc1Cl. The van der Waals surface area contributed by atoms with E-state index in [0.717, 1.165) is 10.6 Å². The lowest BCUT2D eigenvalue weighted by Crippen LogP contribution is -1.77. The molecule has 1 N–H and O–H groups in total. The summed E-state index contributed by atoms with van der Waals surface area (Å²) in [7, 11) is 0. The number of halogens is 2. The van der Waals surface area contributed by atoms with Crippen LogP contribution >= 0.6 is 34.5 Å². The van der Waals surface area contributed by atoms with Gasteiger partial charge >= 0.3 is 0 Å². The molecule has 0 unspecified atom stereocenters. The van der Waals surface area contributed by atoms with Crippen molar-refractivity contribution in [3.05, 3.63) is 39.3 Å². The van der Waals surface area contributed by atoms with Crippen molar-refractivity contribution in [3.63, 3.8) is 0 Å². The van der Waals surface area contributed by atoms with Gasteiger partial charge in [0.25, 0.3) is 0 Å². The molecule has 2 aromatic rings. The minimum Gasteiger partial charge on any atom is -0.391 e. The van der Waals surface area contributed by atoms with Gasteiger partial charge in [-0.1, -0.05) is 41.4 Å². The number of rotatable bonds is 2. The van der Waals surface area contributed by atoms with Crippen molar-refractivity contribution in [2.24, 2.45) is 0 Å². The van der Waals surface area contributed by atoms with E-state index in [-0.39, 0.29) is 6.61 Å². The van der Waals surface area contributed by atoms with E-state index in [1.165, 1.54) is 11.3 Å². The van der Waals surface area contributed by atoms with E-state index in [0.29, 0.717) is 15.1 Å². The average molecular weight is 260 g/mol. The van der Waals surface area contributed by atoms with E-state index < -0.39 is 0 Å². The Kier molecular flexibility index (Phi) is 3.26. The molecule has 0 saturated carbocycles. The molecule has 0 aliphatic carbocycles. The highest BCUT2D eigenvalue weighted by molar-refractivity contribution is 7.15. The van der Waals surface area contributed by atoms with Gasteiger partial charge in [0.2, 0.25) is 0 Å². The predicted molar refractivity (Wildman–Crippen MR) is 63.5 cm³/mol. The second kappa shape index (κ2) is 4.49. The highest BCUT2D eigenvalue weighted by atomic mass is 35.5. The van der Waals surface area contributed by atoms with Crippen LogP contribution in [0.1, 0.15) is 4.88 Å². The zero-order valence-corrected chi connectivity index (χ0v) is 9.90. The topological polar surface area (TPSA) is 33.1 Å². The molecular formula is C10H7Cl2NOS. The molecule has 0 saturated heterocycles. The molecule has 0 amide bonds. The van der Waals surface area contributed by atoms with Crippen LogP contribution in [0.2, 0.25) is 10.2 Å². The van der Waals surface area contributed by atoms with Crippen molar-refractivity contribution >= 4 is 34.5 Å². The van der Waals surface area contributed by atoms with Crippen LogP contribution in [0, 0.1) is 0 Å². The lowest BCUT2D eigenvalue weighted by molar-refractivity contribution is 0.285. The summed E-state index contributed by atoms with van der Waals surface area (Å²) in [6, 6.07) is 7.41. The Bertz CT molecular complexity index is 484. The number of thiazole rings is 1. The summed E-state index contributed by atoms with van der Waals surface area (Å²) in [6.45, 7) is -0.0963. The number of hydrogen-bond acceptors (Lipinski definition) is 3. The Morgan fingerprint density at radius 2 is 2.00 bits per heavy atom. The molecule has 78 valence electrons. The summed E-state index contributed by atoms with van der Waals surface area (Å²) in [4.78, 5) is 4.81. The van der Waals surface area contributed by atoms with E-state index in [1.807, 2.05) is 18.2 Å². The molecule has 2 rings (SSSR count). The third-order valence-corrected chi connectivity index (χ3v) is 3.73. The normalized spacial score (nSPS) is 10.6. The summed E-state index contributed by atoms with van der Waals surface area (Å²) in [5, 5.41) is 10.7. The zero-order chi connectivity index (χ0) is 10.8. The fourth-order valence-electron chi connectivity index (χ4n) is 1.18. The number of aliphatic hydroxyl groups is 1. The third kappa shape index (κ3) is 2.16. The van der Waals surface area contributed by atoms with Crippen molar-refractivity contribution in [2.75, 3.05) is 0 Å². The van der Waals surface area contributed by atoms with Crippen LogP contribution in [0.25, 0.3) is 10.6 Å². The second-order valence-corrected chi connectivity index (χ2v) is 4.72. The van der Waals surface area contributed by atoms with Crippen molar-refractivity contribution < 1.29 is 5.11 Å².